The molecule has 2 amide bonds. The standard InChI is InChI=1S/C15H20BrN3O2/c16-12-3-5-13(6-4-12)18-14(20)11-17-8-7-15(21)19-9-1-2-10-19/h3-6,17H,1-2,7-11H2,(H,18,20). The predicted octanol–water partition coefficient (Wildman–Crippen LogP) is 1.99. The first-order valence-electron chi connectivity index (χ1n) is 7.19. The summed E-state index contributed by atoms with van der Waals surface area (Å²) in [6.07, 6.45) is 2.66. The molecule has 2 N–H and O–H groups in total. The third-order valence-corrected chi connectivity index (χ3v) is 3.92. The van der Waals surface area contributed by atoms with E-state index in [2.05, 4.69) is 26.6 Å². The van der Waals surface area contributed by atoms with Crippen LogP contribution in [0.5, 0.6) is 0 Å². The second-order valence-corrected chi connectivity index (χ2v) is 5.99. The van der Waals surface area contributed by atoms with Crippen LogP contribution in [0.2, 0.25) is 0 Å². The number of nitrogens with one attached hydrogen (secondary N) is 2. The minimum atomic E-state index is -0.106. The quantitative estimate of drug-likeness (QED) is 0.768. The van der Waals surface area contributed by atoms with Crippen LogP contribution in [-0.4, -0.2) is 42.9 Å². The normalized spacial score (nSPS) is 14.2. The molecule has 0 spiro atoms. The first-order valence-corrected chi connectivity index (χ1v) is 7.98. The topological polar surface area (TPSA) is 61.4 Å². The highest BCUT2D eigenvalue weighted by molar-refractivity contribution is 9.10. The zero-order valence-electron chi connectivity index (χ0n) is 11.9. The molecule has 1 heterocycles. The number of benzene rings is 1. The van der Waals surface area contributed by atoms with Crippen molar-refractivity contribution in [2.24, 2.45) is 0 Å². The summed E-state index contributed by atoms with van der Waals surface area (Å²) in [5.74, 6) is 0.0688. The van der Waals surface area contributed by atoms with Gasteiger partial charge in [-0.3, -0.25) is 9.59 Å². The summed E-state index contributed by atoms with van der Waals surface area (Å²) in [6.45, 7) is 2.50. The molecule has 1 saturated heterocycles. The number of anilines is 1. The van der Waals surface area contributed by atoms with E-state index in [1.807, 2.05) is 29.2 Å². The summed E-state index contributed by atoms with van der Waals surface area (Å²) in [6, 6.07) is 7.41. The molecule has 1 fully saturated rings. The zero-order valence-corrected chi connectivity index (χ0v) is 13.5. The van der Waals surface area contributed by atoms with Gasteiger partial charge < -0.3 is 15.5 Å². The average molecular weight is 354 g/mol. The summed E-state index contributed by atoms with van der Waals surface area (Å²) in [7, 11) is 0. The third kappa shape index (κ3) is 5.47. The smallest absolute Gasteiger partial charge is 0.238 e. The Kier molecular flexibility index (Phi) is 6.20. The van der Waals surface area contributed by atoms with Crippen LogP contribution >= 0.6 is 15.9 Å². The van der Waals surface area contributed by atoms with Gasteiger partial charge in [0.15, 0.2) is 0 Å². The van der Waals surface area contributed by atoms with Crippen molar-refractivity contribution in [3.8, 4) is 0 Å². The Morgan fingerprint density at radius 1 is 1.14 bits per heavy atom. The number of hydrogen-bond donors (Lipinski definition) is 2. The largest absolute Gasteiger partial charge is 0.343 e. The van der Waals surface area contributed by atoms with Crippen molar-refractivity contribution in [3.05, 3.63) is 28.7 Å². The third-order valence-electron chi connectivity index (χ3n) is 3.39. The first kappa shape index (κ1) is 16.0. The molecule has 5 nitrogen and oxygen atoms in total. The lowest BCUT2D eigenvalue weighted by molar-refractivity contribution is -0.130. The van der Waals surface area contributed by atoms with E-state index >= 15 is 0 Å². The molecule has 0 aromatic heterocycles. The fourth-order valence-corrected chi connectivity index (χ4v) is 2.52. The van der Waals surface area contributed by atoms with Crippen LogP contribution in [0.1, 0.15) is 19.3 Å². The van der Waals surface area contributed by atoms with Gasteiger partial charge in [-0.25, -0.2) is 0 Å². The molecule has 21 heavy (non-hydrogen) atoms. The molecular weight excluding hydrogens is 334 g/mol. The van der Waals surface area contributed by atoms with Crippen LogP contribution in [0.25, 0.3) is 0 Å². The lowest BCUT2D eigenvalue weighted by atomic mass is 10.3. The molecule has 6 heteroatoms. The number of hydrogen-bond acceptors (Lipinski definition) is 3. The molecule has 1 aromatic carbocycles. The zero-order chi connectivity index (χ0) is 15.1. The Hall–Kier alpha value is -1.40. The fraction of sp³-hybridized carbons (Fsp3) is 0.467. The predicted molar refractivity (Wildman–Crippen MR) is 86.1 cm³/mol. The van der Waals surface area contributed by atoms with Gasteiger partial charge in [0.05, 0.1) is 6.54 Å². The van der Waals surface area contributed by atoms with Gasteiger partial charge in [0.25, 0.3) is 0 Å². The SMILES string of the molecule is O=C(CNCCC(=O)N1CCCC1)Nc1ccc(Br)cc1. The molecule has 114 valence electrons. The fourth-order valence-electron chi connectivity index (χ4n) is 2.26. The van der Waals surface area contributed by atoms with Gasteiger partial charge in [-0.05, 0) is 37.1 Å². The van der Waals surface area contributed by atoms with Gasteiger partial charge in [0, 0.05) is 36.2 Å². The Balaban J connectivity index is 1.60. The molecule has 0 aliphatic carbocycles. The molecule has 0 bridgehead atoms. The maximum absolute atomic E-state index is 11.8. The van der Waals surface area contributed by atoms with Crippen LogP contribution < -0.4 is 10.6 Å². The van der Waals surface area contributed by atoms with Crippen LogP contribution in [-0.2, 0) is 9.59 Å². The maximum Gasteiger partial charge on any atom is 0.238 e. The highest BCUT2D eigenvalue weighted by Gasteiger charge is 2.16. The number of likely N-dealkylation sites (tertiary alicyclic amines) is 1. The van der Waals surface area contributed by atoms with Crippen molar-refractivity contribution >= 4 is 33.4 Å². The lowest BCUT2D eigenvalue weighted by Gasteiger charge is -2.15. The summed E-state index contributed by atoms with van der Waals surface area (Å²) >= 11 is 3.34. The van der Waals surface area contributed by atoms with Crippen LogP contribution in [0.4, 0.5) is 5.69 Å². The minimum Gasteiger partial charge on any atom is -0.343 e. The molecule has 0 unspecified atom stereocenters. The summed E-state index contributed by atoms with van der Waals surface area (Å²) < 4.78 is 0.971. The van der Waals surface area contributed by atoms with Crippen molar-refractivity contribution in [1.82, 2.24) is 10.2 Å². The molecule has 1 aliphatic heterocycles. The highest BCUT2D eigenvalue weighted by atomic mass is 79.9. The Bertz CT molecular complexity index is 484. The molecular formula is C15H20BrN3O2. The van der Waals surface area contributed by atoms with Crippen molar-refractivity contribution in [2.75, 3.05) is 31.5 Å². The molecule has 1 aliphatic rings. The molecule has 0 saturated carbocycles. The lowest BCUT2D eigenvalue weighted by Crippen LogP contribution is -2.33. The Morgan fingerprint density at radius 3 is 2.48 bits per heavy atom. The maximum atomic E-state index is 11.8. The number of rotatable bonds is 6. The summed E-state index contributed by atoms with van der Waals surface area (Å²) in [4.78, 5) is 25.4. The Labute approximate surface area is 133 Å². The number of carbonyl (C=O) groups excluding carboxylic acids is 2. The Morgan fingerprint density at radius 2 is 1.81 bits per heavy atom. The second kappa shape index (κ2) is 8.14. The number of halogens is 1. The number of carbonyl (C=O) groups is 2. The van der Waals surface area contributed by atoms with Crippen molar-refractivity contribution in [3.63, 3.8) is 0 Å². The van der Waals surface area contributed by atoms with E-state index in [1.165, 1.54) is 0 Å². The summed E-state index contributed by atoms with van der Waals surface area (Å²) in [5, 5.41) is 5.80. The minimum absolute atomic E-state index is 0.106. The van der Waals surface area contributed by atoms with Crippen LogP contribution in [0, 0.1) is 0 Å². The summed E-state index contributed by atoms with van der Waals surface area (Å²) in [5.41, 5.74) is 0.762. The van der Waals surface area contributed by atoms with Gasteiger partial charge >= 0.3 is 0 Å². The number of nitrogens with zero attached hydrogens (tertiary/aromatic N) is 1. The molecule has 0 atom stereocenters. The van der Waals surface area contributed by atoms with Gasteiger partial charge in [0.2, 0.25) is 11.8 Å². The van der Waals surface area contributed by atoms with Crippen molar-refractivity contribution in [2.45, 2.75) is 19.3 Å². The van der Waals surface area contributed by atoms with Gasteiger partial charge in [-0.2, -0.15) is 0 Å². The van der Waals surface area contributed by atoms with E-state index in [4.69, 9.17) is 0 Å². The van der Waals surface area contributed by atoms with Crippen LogP contribution in [0.3, 0.4) is 0 Å². The monoisotopic (exact) mass is 353 g/mol. The number of amides is 2. The van der Waals surface area contributed by atoms with Crippen LogP contribution in [0.15, 0.2) is 28.7 Å². The van der Waals surface area contributed by atoms with E-state index in [9.17, 15) is 9.59 Å². The first-order chi connectivity index (χ1) is 10.1. The van der Waals surface area contributed by atoms with Gasteiger partial charge in [-0.15, -0.1) is 0 Å². The highest BCUT2D eigenvalue weighted by Crippen LogP contribution is 2.13. The van der Waals surface area contributed by atoms with E-state index in [0.29, 0.717) is 13.0 Å². The van der Waals surface area contributed by atoms with Crippen molar-refractivity contribution < 1.29 is 9.59 Å². The van der Waals surface area contributed by atoms with E-state index in [0.717, 1.165) is 36.1 Å². The van der Waals surface area contributed by atoms with Gasteiger partial charge in [-0.1, -0.05) is 15.9 Å². The molecule has 0 radical (unpaired) electrons. The second-order valence-electron chi connectivity index (χ2n) is 5.07. The van der Waals surface area contributed by atoms with E-state index < -0.39 is 0 Å². The van der Waals surface area contributed by atoms with E-state index in [1.54, 1.807) is 0 Å². The molecule has 1 aromatic rings. The van der Waals surface area contributed by atoms with Crippen molar-refractivity contribution in [1.29, 1.82) is 0 Å². The van der Waals surface area contributed by atoms with Gasteiger partial charge in [0.1, 0.15) is 0 Å². The van der Waals surface area contributed by atoms with E-state index in [-0.39, 0.29) is 18.4 Å². The molecule has 2 rings (SSSR count). The average Bonchev–Trinajstić information content (AvgIpc) is 3.00.